The monoisotopic (exact) mass is 412 g/mol. The third kappa shape index (κ3) is 5.38. The molecule has 1 N–H and O–H groups in total. The minimum atomic E-state index is -1.93. The zero-order valence-electron chi connectivity index (χ0n) is 11.0. The number of hydrogen-bond donors (Lipinski definition) is 1. The second-order valence-corrected chi connectivity index (χ2v) is 8.27. The van der Waals surface area contributed by atoms with Gasteiger partial charge >= 0.3 is 6.09 Å². The minimum absolute atomic E-state index is 0.0473. The summed E-state index contributed by atoms with van der Waals surface area (Å²) in [5.41, 5.74) is -0.915. The molecule has 4 nitrogen and oxygen atoms in total. The number of nitrogens with one attached hydrogen (secondary N) is 1. The van der Waals surface area contributed by atoms with E-state index < -0.39 is 15.5 Å². The molecular weight excluding hydrogens is 405 g/mol. The van der Waals surface area contributed by atoms with Gasteiger partial charge in [0.1, 0.15) is 21.5 Å². The highest BCUT2D eigenvalue weighted by molar-refractivity contribution is 6.67. The number of hydrogen-bond acceptors (Lipinski definition) is 3. The van der Waals surface area contributed by atoms with Gasteiger partial charge in [0.15, 0.2) is 0 Å². The Morgan fingerprint density at radius 2 is 1.62 bits per heavy atom. The number of halogens is 6. The summed E-state index contributed by atoms with van der Waals surface area (Å²) in [5.74, 6) is 0. The summed E-state index contributed by atoms with van der Waals surface area (Å²) in [5, 5.41) is 1.95. The van der Waals surface area contributed by atoms with Crippen LogP contribution in [-0.2, 0) is 8.53 Å². The molecule has 0 atom stereocenters. The predicted molar refractivity (Wildman–Crippen MR) is 88.4 cm³/mol. The Kier molecular flexibility index (Phi) is 6.16. The summed E-state index contributed by atoms with van der Waals surface area (Å²) in [7, 11) is 0. The fourth-order valence-corrected chi connectivity index (χ4v) is 2.51. The topological polar surface area (TPSA) is 51.2 Å². The molecule has 0 saturated heterocycles. The average molecular weight is 415 g/mol. The Balaban J connectivity index is 3.24. The third-order valence-electron chi connectivity index (χ3n) is 1.93. The van der Waals surface area contributed by atoms with E-state index in [-0.39, 0.29) is 26.6 Å². The van der Waals surface area contributed by atoms with E-state index in [9.17, 15) is 4.79 Å². The number of amides is 1. The van der Waals surface area contributed by atoms with E-state index in [2.05, 4.69) is 10.3 Å². The maximum absolute atomic E-state index is 11.8. The standard InChI is InChI=1S/C11H10Cl6N2O2/c1-10(2,3)21-9(20)18-6-4(12)7(11(15,16)17)19-8(14)5(6)13/h1-3H3,(H,18,19,20). The molecule has 10 heteroatoms. The van der Waals surface area contributed by atoms with Crippen LogP contribution >= 0.6 is 69.6 Å². The first-order valence-electron chi connectivity index (χ1n) is 5.44. The van der Waals surface area contributed by atoms with Gasteiger partial charge in [-0.15, -0.1) is 0 Å². The fraction of sp³-hybridized carbons (Fsp3) is 0.455. The molecule has 0 bridgehead atoms. The van der Waals surface area contributed by atoms with Crippen LogP contribution in [-0.4, -0.2) is 16.7 Å². The molecule has 0 fully saturated rings. The van der Waals surface area contributed by atoms with Gasteiger partial charge in [0.05, 0.1) is 10.7 Å². The van der Waals surface area contributed by atoms with Crippen molar-refractivity contribution in [1.82, 2.24) is 4.98 Å². The molecule has 0 aliphatic heterocycles. The van der Waals surface area contributed by atoms with E-state index in [1.807, 2.05) is 0 Å². The first-order valence-corrected chi connectivity index (χ1v) is 7.71. The molecule has 21 heavy (non-hydrogen) atoms. The Morgan fingerprint density at radius 1 is 1.10 bits per heavy atom. The Bertz CT molecular complexity index is 565. The largest absolute Gasteiger partial charge is 0.444 e. The molecule has 0 aliphatic carbocycles. The molecule has 1 rings (SSSR count). The summed E-state index contributed by atoms with van der Waals surface area (Å²) in [6.45, 7) is 5.09. The molecule has 1 aromatic heterocycles. The molecule has 1 aromatic rings. The summed E-state index contributed by atoms with van der Waals surface area (Å²) < 4.78 is 3.15. The summed E-state index contributed by atoms with van der Waals surface area (Å²) in [4.78, 5) is 15.6. The van der Waals surface area contributed by atoms with Gasteiger partial charge in [-0.1, -0.05) is 69.6 Å². The molecule has 118 valence electrons. The van der Waals surface area contributed by atoms with Crippen LogP contribution in [0.5, 0.6) is 0 Å². The van der Waals surface area contributed by atoms with E-state index in [1.165, 1.54) is 0 Å². The second kappa shape index (κ2) is 6.73. The number of alkyl halides is 3. The van der Waals surface area contributed by atoms with Crippen LogP contribution < -0.4 is 5.32 Å². The van der Waals surface area contributed by atoms with Gasteiger partial charge in [-0.2, -0.15) is 0 Å². The highest BCUT2D eigenvalue weighted by Gasteiger charge is 2.32. The van der Waals surface area contributed by atoms with Crippen LogP contribution in [0.1, 0.15) is 26.5 Å². The highest BCUT2D eigenvalue weighted by Crippen LogP contribution is 2.46. The number of anilines is 1. The van der Waals surface area contributed by atoms with Gasteiger partial charge in [0.25, 0.3) is 0 Å². The Labute approximate surface area is 151 Å². The summed E-state index contributed by atoms with van der Waals surface area (Å²) in [6.07, 6.45) is -0.788. The molecule has 1 heterocycles. The van der Waals surface area contributed by atoms with E-state index in [1.54, 1.807) is 20.8 Å². The zero-order chi connectivity index (χ0) is 16.6. The van der Waals surface area contributed by atoms with Crippen molar-refractivity contribution in [3.8, 4) is 0 Å². The van der Waals surface area contributed by atoms with Crippen molar-refractivity contribution >= 4 is 81.4 Å². The first kappa shape index (κ1) is 19.2. The number of carbonyl (C=O) groups is 1. The summed E-state index contributed by atoms with van der Waals surface area (Å²) in [6, 6.07) is 0. The van der Waals surface area contributed by atoms with Gasteiger partial charge in [0.2, 0.25) is 3.79 Å². The number of carbonyl (C=O) groups excluding carboxylic acids is 1. The second-order valence-electron chi connectivity index (χ2n) is 4.88. The van der Waals surface area contributed by atoms with Crippen LogP contribution in [0.2, 0.25) is 15.2 Å². The van der Waals surface area contributed by atoms with Crippen LogP contribution in [0.25, 0.3) is 0 Å². The van der Waals surface area contributed by atoms with E-state index in [4.69, 9.17) is 74.3 Å². The maximum Gasteiger partial charge on any atom is 0.412 e. The normalized spacial score (nSPS) is 12.2. The molecule has 0 aliphatic rings. The Morgan fingerprint density at radius 3 is 2.05 bits per heavy atom. The number of nitrogens with zero attached hydrogens (tertiary/aromatic N) is 1. The van der Waals surface area contributed by atoms with Crippen molar-refractivity contribution in [2.75, 3.05) is 5.32 Å². The van der Waals surface area contributed by atoms with E-state index in [0.717, 1.165) is 0 Å². The molecule has 0 unspecified atom stereocenters. The predicted octanol–water partition coefficient (Wildman–Crippen LogP) is 6.22. The van der Waals surface area contributed by atoms with Crippen LogP contribution in [0, 0.1) is 0 Å². The van der Waals surface area contributed by atoms with Gasteiger partial charge in [-0.05, 0) is 20.8 Å². The van der Waals surface area contributed by atoms with E-state index in [0.29, 0.717) is 0 Å². The van der Waals surface area contributed by atoms with Crippen LogP contribution in [0.3, 0.4) is 0 Å². The van der Waals surface area contributed by atoms with Gasteiger partial charge in [-0.3, -0.25) is 5.32 Å². The number of pyridine rings is 1. The Hall–Kier alpha value is 0.160. The van der Waals surface area contributed by atoms with Gasteiger partial charge in [-0.25, -0.2) is 9.78 Å². The SMILES string of the molecule is CC(C)(C)OC(=O)Nc1c(Cl)c(Cl)nc(C(Cl)(Cl)Cl)c1Cl. The average Bonchev–Trinajstić information content (AvgIpc) is 2.25. The summed E-state index contributed by atoms with van der Waals surface area (Å²) >= 11 is 35.1. The smallest absolute Gasteiger partial charge is 0.412 e. The molecular formula is C11H10Cl6N2O2. The minimum Gasteiger partial charge on any atom is -0.444 e. The van der Waals surface area contributed by atoms with Crippen LogP contribution in [0.15, 0.2) is 0 Å². The highest BCUT2D eigenvalue weighted by atomic mass is 35.6. The lowest BCUT2D eigenvalue weighted by Gasteiger charge is -2.21. The molecule has 1 amide bonds. The molecule has 0 radical (unpaired) electrons. The van der Waals surface area contributed by atoms with Crippen molar-refractivity contribution in [2.24, 2.45) is 0 Å². The van der Waals surface area contributed by atoms with Crippen molar-refractivity contribution in [1.29, 1.82) is 0 Å². The van der Waals surface area contributed by atoms with Crippen molar-refractivity contribution < 1.29 is 9.53 Å². The first-order chi connectivity index (χ1) is 9.33. The van der Waals surface area contributed by atoms with Gasteiger partial charge < -0.3 is 4.74 Å². The third-order valence-corrected chi connectivity index (χ3v) is 3.58. The number of ether oxygens (including phenoxy) is 1. The lowest BCUT2D eigenvalue weighted by atomic mass is 10.2. The van der Waals surface area contributed by atoms with E-state index >= 15 is 0 Å². The lowest BCUT2D eigenvalue weighted by Crippen LogP contribution is -2.27. The maximum atomic E-state index is 11.8. The van der Waals surface area contributed by atoms with Crippen molar-refractivity contribution in [3.05, 3.63) is 20.9 Å². The lowest BCUT2D eigenvalue weighted by molar-refractivity contribution is 0.0636. The fourth-order valence-electron chi connectivity index (χ4n) is 1.22. The quantitative estimate of drug-likeness (QED) is 0.438. The van der Waals surface area contributed by atoms with Crippen LogP contribution in [0.4, 0.5) is 10.5 Å². The van der Waals surface area contributed by atoms with Crippen molar-refractivity contribution in [2.45, 2.75) is 30.2 Å². The zero-order valence-corrected chi connectivity index (χ0v) is 15.6. The molecule has 0 saturated carbocycles. The molecule has 0 spiro atoms. The molecule has 0 aromatic carbocycles. The number of rotatable bonds is 1. The number of aromatic nitrogens is 1. The van der Waals surface area contributed by atoms with Crippen molar-refractivity contribution in [3.63, 3.8) is 0 Å². The van der Waals surface area contributed by atoms with Gasteiger partial charge in [0, 0.05) is 0 Å².